The van der Waals surface area contributed by atoms with Crippen LogP contribution in [0.4, 0.5) is 0 Å². The van der Waals surface area contributed by atoms with Crippen LogP contribution in [0.2, 0.25) is 0 Å². The summed E-state index contributed by atoms with van der Waals surface area (Å²) in [7, 11) is 0. The Morgan fingerprint density at radius 3 is 2.76 bits per heavy atom. The molecule has 0 bridgehead atoms. The van der Waals surface area contributed by atoms with Crippen LogP contribution in [-0.2, 0) is 0 Å². The number of phenolic OH excluding ortho intramolecular Hbond substituents is 1. The Balaban J connectivity index is 2.55. The Bertz CT molecular complexity index is 564. The van der Waals surface area contributed by atoms with Gasteiger partial charge in [-0.15, -0.1) is 0 Å². The van der Waals surface area contributed by atoms with Crippen LogP contribution in [0.3, 0.4) is 0 Å². The van der Waals surface area contributed by atoms with Gasteiger partial charge in [0.2, 0.25) is 0 Å². The van der Waals surface area contributed by atoms with Crippen LogP contribution in [0.15, 0.2) is 30.5 Å². The highest BCUT2D eigenvalue weighted by molar-refractivity contribution is 6.06. The van der Waals surface area contributed by atoms with Gasteiger partial charge in [-0.05, 0) is 26.0 Å². The highest BCUT2D eigenvalue weighted by atomic mass is 16.3. The van der Waals surface area contributed by atoms with Gasteiger partial charge in [0.05, 0.1) is 0 Å². The number of hydrogen-bond donors (Lipinski definition) is 2. The van der Waals surface area contributed by atoms with E-state index in [0.717, 1.165) is 0 Å². The van der Waals surface area contributed by atoms with Gasteiger partial charge in [0.25, 0.3) is 5.91 Å². The third-order valence-electron chi connectivity index (χ3n) is 2.42. The molecule has 4 nitrogen and oxygen atoms in total. The number of hydrogen-bond acceptors (Lipinski definition) is 3. The van der Waals surface area contributed by atoms with Gasteiger partial charge in [-0.25, -0.2) is 0 Å². The van der Waals surface area contributed by atoms with Gasteiger partial charge in [-0.3, -0.25) is 9.78 Å². The molecular weight excluding hydrogens is 216 g/mol. The van der Waals surface area contributed by atoms with Crippen molar-refractivity contribution in [1.82, 2.24) is 10.3 Å². The van der Waals surface area contributed by atoms with Crippen molar-refractivity contribution in [3.63, 3.8) is 0 Å². The molecule has 0 fully saturated rings. The molecule has 1 heterocycles. The molecule has 0 saturated carbocycles. The smallest absolute Gasteiger partial charge is 0.270 e. The van der Waals surface area contributed by atoms with Gasteiger partial charge in [-0.1, -0.05) is 12.1 Å². The SMILES string of the molecule is CC(C)NC(=O)c1nccc2c(O)cccc12. The molecule has 0 unspecified atom stereocenters. The molecule has 0 aliphatic rings. The molecule has 0 saturated heterocycles. The lowest BCUT2D eigenvalue weighted by atomic mass is 10.1. The molecule has 1 amide bonds. The first-order valence-corrected chi connectivity index (χ1v) is 5.47. The summed E-state index contributed by atoms with van der Waals surface area (Å²) in [6.45, 7) is 3.78. The van der Waals surface area contributed by atoms with Gasteiger partial charge >= 0.3 is 0 Å². The minimum Gasteiger partial charge on any atom is -0.507 e. The van der Waals surface area contributed by atoms with Gasteiger partial charge in [-0.2, -0.15) is 0 Å². The summed E-state index contributed by atoms with van der Waals surface area (Å²) in [5.74, 6) is -0.0697. The molecule has 0 radical (unpaired) electrons. The average Bonchev–Trinajstić information content (AvgIpc) is 2.28. The largest absolute Gasteiger partial charge is 0.507 e. The van der Waals surface area contributed by atoms with Gasteiger partial charge in [0.1, 0.15) is 11.4 Å². The molecule has 2 aromatic rings. The Morgan fingerprint density at radius 1 is 1.29 bits per heavy atom. The summed E-state index contributed by atoms with van der Waals surface area (Å²) in [5.41, 5.74) is 0.340. The lowest BCUT2D eigenvalue weighted by Crippen LogP contribution is -2.30. The van der Waals surface area contributed by atoms with Crippen LogP contribution in [0, 0.1) is 0 Å². The second-order valence-corrected chi connectivity index (χ2v) is 4.16. The van der Waals surface area contributed by atoms with E-state index in [1.54, 1.807) is 24.3 Å². The number of benzene rings is 1. The molecule has 2 N–H and O–H groups in total. The predicted molar refractivity (Wildman–Crippen MR) is 66.0 cm³/mol. The van der Waals surface area contributed by atoms with Crippen molar-refractivity contribution in [1.29, 1.82) is 0 Å². The highest BCUT2D eigenvalue weighted by Crippen LogP contribution is 2.25. The van der Waals surface area contributed by atoms with E-state index in [9.17, 15) is 9.90 Å². The Labute approximate surface area is 99.3 Å². The van der Waals surface area contributed by atoms with Gasteiger partial charge < -0.3 is 10.4 Å². The summed E-state index contributed by atoms with van der Waals surface area (Å²) < 4.78 is 0. The zero-order valence-electron chi connectivity index (χ0n) is 9.77. The fraction of sp³-hybridized carbons (Fsp3) is 0.231. The topological polar surface area (TPSA) is 62.2 Å². The summed E-state index contributed by atoms with van der Waals surface area (Å²) in [5, 5.41) is 13.8. The molecule has 17 heavy (non-hydrogen) atoms. The third-order valence-corrected chi connectivity index (χ3v) is 2.42. The van der Waals surface area contributed by atoms with E-state index in [2.05, 4.69) is 10.3 Å². The summed E-state index contributed by atoms with van der Waals surface area (Å²) in [6.07, 6.45) is 1.53. The maximum absolute atomic E-state index is 11.9. The lowest BCUT2D eigenvalue weighted by molar-refractivity contribution is 0.0940. The van der Waals surface area contributed by atoms with Crippen molar-refractivity contribution in [3.8, 4) is 5.75 Å². The molecule has 0 atom stereocenters. The van der Waals surface area contributed by atoms with Crippen LogP contribution < -0.4 is 5.32 Å². The lowest BCUT2D eigenvalue weighted by Gasteiger charge is -2.10. The molecular formula is C13H14N2O2. The minimum absolute atomic E-state index is 0.0527. The molecule has 4 heteroatoms. The zero-order valence-corrected chi connectivity index (χ0v) is 9.77. The summed E-state index contributed by atoms with van der Waals surface area (Å²) in [6, 6.07) is 6.81. The number of pyridine rings is 1. The van der Waals surface area contributed by atoms with Crippen LogP contribution >= 0.6 is 0 Å². The zero-order chi connectivity index (χ0) is 12.4. The number of amides is 1. The van der Waals surface area contributed by atoms with E-state index in [1.165, 1.54) is 6.20 Å². The van der Waals surface area contributed by atoms with Crippen molar-refractivity contribution >= 4 is 16.7 Å². The number of phenols is 1. The summed E-state index contributed by atoms with van der Waals surface area (Å²) >= 11 is 0. The summed E-state index contributed by atoms with van der Waals surface area (Å²) in [4.78, 5) is 16.0. The number of rotatable bonds is 2. The van der Waals surface area contributed by atoms with E-state index >= 15 is 0 Å². The predicted octanol–water partition coefficient (Wildman–Crippen LogP) is 2.08. The number of fused-ring (bicyclic) bond motifs is 1. The van der Waals surface area contributed by atoms with E-state index in [-0.39, 0.29) is 17.7 Å². The maximum Gasteiger partial charge on any atom is 0.270 e. The van der Waals surface area contributed by atoms with Gasteiger partial charge in [0, 0.05) is 23.0 Å². The Morgan fingerprint density at radius 2 is 2.06 bits per heavy atom. The molecule has 0 spiro atoms. The molecule has 2 rings (SSSR count). The third kappa shape index (κ3) is 2.20. The molecule has 0 aliphatic carbocycles. The molecule has 1 aromatic heterocycles. The van der Waals surface area contributed by atoms with E-state index in [4.69, 9.17) is 0 Å². The number of carbonyl (C=O) groups is 1. The second-order valence-electron chi connectivity index (χ2n) is 4.16. The fourth-order valence-corrected chi connectivity index (χ4v) is 1.70. The first kappa shape index (κ1) is 11.4. The van der Waals surface area contributed by atoms with E-state index in [0.29, 0.717) is 16.5 Å². The van der Waals surface area contributed by atoms with E-state index in [1.807, 2.05) is 13.8 Å². The van der Waals surface area contributed by atoms with Crippen molar-refractivity contribution < 1.29 is 9.90 Å². The molecule has 0 aliphatic heterocycles. The van der Waals surface area contributed by atoms with Gasteiger partial charge in [0.15, 0.2) is 0 Å². The quantitative estimate of drug-likeness (QED) is 0.830. The number of nitrogens with zero attached hydrogens (tertiary/aromatic N) is 1. The number of nitrogens with one attached hydrogen (secondary N) is 1. The van der Waals surface area contributed by atoms with Crippen molar-refractivity contribution in [2.45, 2.75) is 19.9 Å². The Kier molecular flexibility index (Phi) is 2.95. The van der Waals surface area contributed by atoms with Crippen LogP contribution in [0.25, 0.3) is 10.8 Å². The van der Waals surface area contributed by atoms with Crippen molar-refractivity contribution in [2.24, 2.45) is 0 Å². The first-order chi connectivity index (χ1) is 8.09. The monoisotopic (exact) mass is 230 g/mol. The maximum atomic E-state index is 11.9. The van der Waals surface area contributed by atoms with E-state index < -0.39 is 0 Å². The average molecular weight is 230 g/mol. The Hall–Kier alpha value is -2.10. The van der Waals surface area contributed by atoms with Crippen molar-refractivity contribution in [2.75, 3.05) is 0 Å². The molecule has 1 aromatic carbocycles. The number of aromatic nitrogens is 1. The van der Waals surface area contributed by atoms with Crippen LogP contribution in [0.1, 0.15) is 24.3 Å². The fourth-order valence-electron chi connectivity index (χ4n) is 1.70. The van der Waals surface area contributed by atoms with Crippen LogP contribution in [-0.4, -0.2) is 22.0 Å². The second kappa shape index (κ2) is 4.41. The number of aromatic hydroxyl groups is 1. The molecule has 88 valence electrons. The highest BCUT2D eigenvalue weighted by Gasteiger charge is 2.13. The normalized spacial score (nSPS) is 10.8. The van der Waals surface area contributed by atoms with Crippen molar-refractivity contribution in [3.05, 3.63) is 36.2 Å². The van der Waals surface area contributed by atoms with Crippen LogP contribution in [0.5, 0.6) is 5.75 Å². The number of carbonyl (C=O) groups excluding carboxylic acids is 1. The minimum atomic E-state index is -0.226. The first-order valence-electron chi connectivity index (χ1n) is 5.47. The standard InChI is InChI=1S/C13H14N2O2/c1-8(2)15-13(17)12-10-4-3-5-11(16)9(10)6-7-14-12/h3-8,16H,1-2H3,(H,15,17).